The van der Waals surface area contributed by atoms with Crippen LogP contribution in [0.3, 0.4) is 0 Å². The summed E-state index contributed by atoms with van der Waals surface area (Å²) in [4.78, 5) is 8.23. The zero-order chi connectivity index (χ0) is 14.5. The SMILES string of the molecule is CCNCc1nc(-c2ccccc2)c(-c2ccccc2)[nH]1. The average molecular weight is 277 g/mol. The molecule has 0 radical (unpaired) electrons. The van der Waals surface area contributed by atoms with Crippen molar-refractivity contribution in [3.05, 3.63) is 66.5 Å². The van der Waals surface area contributed by atoms with Crippen LogP contribution in [0.5, 0.6) is 0 Å². The molecular weight excluding hydrogens is 258 g/mol. The molecule has 0 amide bonds. The topological polar surface area (TPSA) is 40.7 Å². The first-order chi connectivity index (χ1) is 10.4. The van der Waals surface area contributed by atoms with Gasteiger partial charge >= 0.3 is 0 Å². The molecule has 106 valence electrons. The Hall–Kier alpha value is -2.39. The zero-order valence-electron chi connectivity index (χ0n) is 12.1. The van der Waals surface area contributed by atoms with Gasteiger partial charge in [-0.3, -0.25) is 0 Å². The van der Waals surface area contributed by atoms with Gasteiger partial charge in [-0.05, 0) is 6.54 Å². The number of nitrogens with one attached hydrogen (secondary N) is 2. The van der Waals surface area contributed by atoms with E-state index in [2.05, 4.69) is 53.6 Å². The monoisotopic (exact) mass is 277 g/mol. The summed E-state index contributed by atoms with van der Waals surface area (Å²) in [5.41, 5.74) is 4.38. The van der Waals surface area contributed by atoms with Crippen molar-refractivity contribution >= 4 is 0 Å². The minimum absolute atomic E-state index is 0.753. The highest BCUT2D eigenvalue weighted by Crippen LogP contribution is 2.29. The van der Waals surface area contributed by atoms with Crippen molar-refractivity contribution in [2.75, 3.05) is 6.54 Å². The summed E-state index contributed by atoms with van der Waals surface area (Å²) in [6.07, 6.45) is 0. The first-order valence-corrected chi connectivity index (χ1v) is 7.29. The van der Waals surface area contributed by atoms with Gasteiger partial charge in [0.15, 0.2) is 0 Å². The Labute approximate surface area is 125 Å². The molecule has 1 heterocycles. The summed E-state index contributed by atoms with van der Waals surface area (Å²) >= 11 is 0. The zero-order valence-corrected chi connectivity index (χ0v) is 12.1. The molecule has 21 heavy (non-hydrogen) atoms. The van der Waals surface area contributed by atoms with E-state index >= 15 is 0 Å². The van der Waals surface area contributed by atoms with E-state index in [1.165, 1.54) is 0 Å². The fourth-order valence-electron chi connectivity index (χ4n) is 2.37. The Morgan fingerprint density at radius 1 is 0.905 bits per heavy atom. The third-order valence-electron chi connectivity index (χ3n) is 3.40. The number of aromatic nitrogens is 2. The van der Waals surface area contributed by atoms with E-state index in [0.717, 1.165) is 41.4 Å². The van der Waals surface area contributed by atoms with Crippen molar-refractivity contribution in [1.82, 2.24) is 15.3 Å². The quantitative estimate of drug-likeness (QED) is 0.743. The maximum Gasteiger partial charge on any atom is 0.121 e. The van der Waals surface area contributed by atoms with E-state index in [0.29, 0.717) is 0 Å². The van der Waals surface area contributed by atoms with Crippen LogP contribution in [0.1, 0.15) is 12.7 Å². The van der Waals surface area contributed by atoms with Gasteiger partial charge in [0.2, 0.25) is 0 Å². The molecule has 2 N–H and O–H groups in total. The number of H-pyrrole nitrogens is 1. The van der Waals surface area contributed by atoms with Gasteiger partial charge in [0.1, 0.15) is 5.82 Å². The fourth-order valence-corrected chi connectivity index (χ4v) is 2.37. The largest absolute Gasteiger partial charge is 0.340 e. The molecule has 2 aromatic carbocycles. The predicted octanol–water partition coefficient (Wildman–Crippen LogP) is 3.85. The fraction of sp³-hybridized carbons (Fsp3) is 0.167. The second-order valence-electron chi connectivity index (χ2n) is 4.92. The third-order valence-corrected chi connectivity index (χ3v) is 3.40. The van der Waals surface area contributed by atoms with Gasteiger partial charge in [-0.25, -0.2) is 4.98 Å². The first-order valence-electron chi connectivity index (χ1n) is 7.29. The van der Waals surface area contributed by atoms with Gasteiger partial charge in [-0.2, -0.15) is 0 Å². The standard InChI is InChI=1S/C18H19N3/c1-2-19-13-16-20-17(14-9-5-3-6-10-14)18(21-16)15-11-7-4-8-12-15/h3-12,19H,2,13H2,1H3,(H,20,21). The van der Waals surface area contributed by atoms with Crippen molar-refractivity contribution in [3.8, 4) is 22.5 Å². The lowest BCUT2D eigenvalue weighted by atomic mass is 10.1. The van der Waals surface area contributed by atoms with Gasteiger partial charge < -0.3 is 10.3 Å². The number of hydrogen-bond acceptors (Lipinski definition) is 2. The number of benzene rings is 2. The van der Waals surface area contributed by atoms with E-state index < -0.39 is 0 Å². The van der Waals surface area contributed by atoms with E-state index in [4.69, 9.17) is 4.98 Å². The predicted molar refractivity (Wildman–Crippen MR) is 86.8 cm³/mol. The van der Waals surface area contributed by atoms with Crippen molar-refractivity contribution in [2.45, 2.75) is 13.5 Å². The Morgan fingerprint density at radius 2 is 1.52 bits per heavy atom. The lowest BCUT2D eigenvalue weighted by Gasteiger charge is -2.02. The molecule has 3 aromatic rings. The molecule has 0 aliphatic rings. The molecule has 0 bridgehead atoms. The van der Waals surface area contributed by atoms with Gasteiger partial charge in [0, 0.05) is 11.1 Å². The summed E-state index contributed by atoms with van der Waals surface area (Å²) < 4.78 is 0. The molecule has 0 spiro atoms. The maximum absolute atomic E-state index is 4.78. The molecule has 0 unspecified atom stereocenters. The lowest BCUT2D eigenvalue weighted by Crippen LogP contribution is -2.12. The minimum Gasteiger partial charge on any atom is -0.340 e. The van der Waals surface area contributed by atoms with Crippen LogP contribution in [0, 0.1) is 0 Å². The van der Waals surface area contributed by atoms with Crippen LogP contribution in [0.15, 0.2) is 60.7 Å². The number of rotatable bonds is 5. The highest BCUT2D eigenvalue weighted by molar-refractivity contribution is 5.78. The smallest absolute Gasteiger partial charge is 0.121 e. The van der Waals surface area contributed by atoms with Crippen LogP contribution in [-0.2, 0) is 6.54 Å². The van der Waals surface area contributed by atoms with Gasteiger partial charge in [-0.1, -0.05) is 67.6 Å². The highest BCUT2D eigenvalue weighted by Gasteiger charge is 2.13. The number of imidazole rings is 1. The van der Waals surface area contributed by atoms with Gasteiger partial charge in [0.25, 0.3) is 0 Å². The van der Waals surface area contributed by atoms with Crippen LogP contribution >= 0.6 is 0 Å². The van der Waals surface area contributed by atoms with Crippen molar-refractivity contribution < 1.29 is 0 Å². The van der Waals surface area contributed by atoms with Crippen LogP contribution < -0.4 is 5.32 Å². The Balaban J connectivity index is 2.06. The summed E-state index contributed by atoms with van der Waals surface area (Å²) in [7, 11) is 0. The maximum atomic E-state index is 4.78. The summed E-state index contributed by atoms with van der Waals surface area (Å²) in [5.74, 6) is 0.967. The lowest BCUT2D eigenvalue weighted by molar-refractivity contribution is 0.698. The number of hydrogen-bond donors (Lipinski definition) is 2. The number of nitrogens with zero attached hydrogens (tertiary/aromatic N) is 1. The van der Waals surface area contributed by atoms with Crippen LogP contribution in [-0.4, -0.2) is 16.5 Å². The Kier molecular flexibility index (Phi) is 4.12. The highest BCUT2D eigenvalue weighted by atomic mass is 15.0. The van der Waals surface area contributed by atoms with Crippen molar-refractivity contribution in [2.24, 2.45) is 0 Å². The normalized spacial score (nSPS) is 10.7. The first kappa shape index (κ1) is 13.6. The molecule has 1 aromatic heterocycles. The van der Waals surface area contributed by atoms with E-state index in [1.807, 2.05) is 24.3 Å². The molecule has 0 fully saturated rings. The molecular formula is C18H19N3. The minimum atomic E-state index is 0.753. The van der Waals surface area contributed by atoms with Crippen LogP contribution in [0.2, 0.25) is 0 Å². The summed E-state index contributed by atoms with van der Waals surface area (Å²) in [5, 5.41) is 3.31. The molecule has 0 saturated carbocycles. The molecule has 0 saturated heterocycles. The summed E-state index contributed by atoms with van der Waals surface area (Å²) in [6, 6.07) is 20.7. The second kappa shape index (κ2) is 6.37. The van der Waals surface area contributed by atoms with E-state index in [9.17, 15) is 0 Å². The van der Waals surface area contributed by atoms with Crippen molar-refractivity contribution in [3.63, 3.8) is 0 Å². The molecule has 3 rings (SSSR count). The van der Waals surface area contributed by atoms with Gasteiger partial charge in [0.05, 0.1) is 17.9 Å². The van der Waals surface area contributed by atoms with E-state index in [1.54, 1.807) is 0 Å². The molecule has 3 heteroatoms. The van der Waals surface area contributed by atoms with Crippen LogP contribution in [0.4, 0.5) is 0 Å². The number of aromatic amines is 1. The Bertz CT molecular complexity index is 630. The average Bonchev–Trinajstić information content (AvgIpc) is 2.99. The van der Waals surface area contributed by atoms with Crippen LogP contribution in [0.25, 0.3) is 22.5 Å². The molecule has 0 atom stereocenters. The molecule has 3 nitrogen and oxygen atoms in total. The van der Waals surface area contributed by atoms with E-state index in [-0.39, 0.29) is 0 Å². The summed E-state index contributed by atoms with van der Waals surface area (Å²) in [6.45, 7) is 3.78. The molecule has 0 aliphatic heterocycles. The second-order valence-corrected chi connectivity index (χ2v) is 4.92. The van der Waals surface area contributed by atoms with Gasteiger partial charge in [-0.15, -0.1) is 0 Å². The third kappa shape index (κ3) is 3.03. The Morgan fingerprint density at radius 3 is 2.14 bits per heavy atom. The molecule has 0 aliphatic carbocycles. The van der Waals surface area contributed by atoms with Crippen molar-refractivity contribution in [1.29, 1.82) is 0 Å².